The first-order valence-corrected chi connectivity index (χ1v) is 8.87. The number of carbonyl (C=O) groups excluding carboxylic acids is 1. The summed E-state index contributed by atoms with van der Waals surface area (Å²) in [5, 5.41) is 10.5. The number of methoxy groups -OCH3 is 2. The summed E-state index contributed by atoms with van der Waals surface area (Å²) in [6.07, 6.45) is 0.623. The van der Waals surface area contributed by atoms with Gasteiger partial charge in [0.2, 0.25) is 11.8 Å². The van der Waals surface area contributed by atoms with Gasteiger partial charge in [0.05, 0.1) is 27.1 Å². The van der Waals surface area contributed by atoms with E-state index in [4.69, 9.17) is 13.9 Å². The van der Waals surface area contributed by atoms with Crippen LogP contribution in [0.2, 0.25) is 0 Å². The molecule has 7 nitrogen and oxygen atoms in total. The minimum absolute atomic E-state index is 0.0799. The highest BCUT2D eigenvalue weighted by molar-refractivity contribution is 5.90. The Labute approximate surface area is 163 Å². The highest BCUT2D eigenvalue weighted by Gasteiger charge is 2.14. The van der Waals surface area contributed by atoms with Crippen molar-refractivity contribution in [3.05, 3.63) is 64.5 Å². The molecule has 0 aliphatic heterocycles. The van der Waals surface area contributed by atoms with Crippen molar-refractivity contribution in [2.24, 2.45) is 0 Å². The lowest BCUT2D eigenvalue weighted by Crippen LogP contribution is -2.15. The van der Waals surface area contributed by atoms with Crippen molar-refractivity contribution in [1.29, 1.82) is 0 Å². The number of benzene rings is 2. The van der Waals surface area contributed by atoms with Gasteiger partial charge in [0.1, 0.15) is 11.5 Å². The number of aromatic nitrogens is 2. The van der Waals surface area contributed by atoms with Crippen molar-refractivity contribution < 1.29 is 18.7 Å². The summed E-state index contributed by atoms with van der Waals surface area (Å²) in [6, 6.07) is 11.6. The largest absolute Gasteiger partial charge is 0.497 e. The fourth-order valence-electron chi connectivity index (χ4n) is 2.80. The van der Waals surface area contributed by atoms with Crippen molar-refractivity contribution >= 4 is 11.9 Å². The number of amides is 1. The van der Waals surface area contributed by atoms with Crippen LogP contribution in [0.5, 0.6) is 11.5 Å². The second-order valence-corrected chi connectivity index (χ2v) is 6.50. The van der Waals surface area contributed by atoms with Crippen molar-refractivity contribution in [3.63, 3.8) is 0 Å². The van der Waals surface area contributed by atoms with Gasteiger partial charge in [-0.3, -0.25) is 10.1 Å². The predicted octanol–water partition coefficient (Wildman–Crippen LogP) is 3.48. The van der Waals surface area contributed by atoms with Gasteiger partial charge in [-0.15, -0.1) is 5.10 Å². The number of hydrogen-bond acceptors (Lipinski definition) is 6. The molecule has 2 aromatic carbocycles. The van der Waals surface area contributed by atoms with Crippen molar-refractivity contribution in [2.75, 3.05) is 19.5 Å². The Kier molecular flexibility index (Phi) is 5.93. The summed E-state index contributed by atoms with van der Waals surface area (Å²) in [6.45, 7) is 4.13. The maximum Gasteiger partial charge on any atom is 0.322 e. The van der Waals surface area contributed by atoms with Gasteiger partial charge in [-0.1, -0.05) is 29.4 Å². The number of nitrogens with one attached hydrogen (secondary N) is 1. The van der Waals surface area contributed by atoms with Crippen molar-refractivity contribution in [1.82, 2.24) is 10.2 Å². The summed E-state index contributed by atoms with van der Waals surface area (Å²) < 4.78 is 16.0. The standard InChI is InChI=1S/C21H23N3O4/c1-13-5-6-15(9-14(13)2)10-20-23-24-21(28-20)22-19(25)11-16-7-8-17(26-3)12-18(16)27-4/h5-9,12H,10-11H2,1-4H3,(H,22,24,25). The first-order valence-electron chi connectivity index (χ1n) is 8.87. The van der Waals surface area contributed by atoms with E-state index in [1.807, 2.05) is 6.07 Å². The molecule has 0 saturated heterocycles. The van der Waals surface area contributed by atoms with Crippen molar-refractivity contribution in [3.8, 4) is 11.5 Å². The van der Waals surface area contributed by atoms with E-state index >= 15 is 0 Å². The Morgan fingerprint density at radius 1 is 1.04 bits per heavy atom. The van der Waals surface area contributed by atoms with Crippen LogP contribution in [0.3, 0.4) is 0 Å². The molecule has 3 aromatic rings. The van der Waals surface area contributed by atoms with Crippen LogP contribution >= 0.6 is 0 Å². The molecule has 0 spiro atoms. The van der Waals surface area contributed by atoms with Crippen LogP contribution in [0.25, 0.3) is 0 Å². The Bertz CT molecular complexity index is 982. The number of carbonyl (C=O) groups is 1. The average Bonchev–Trinajstić information content (AvgIpc) is 3.11. The first-order chi connectivity index (χ1) is 13.5. The normalized spacial score (nSPS) is 10.6. The smallest absolute Gasteiger partial charge is 0.322 e. The highest BCUT2D eigenvalue weighted by atomic mass is 16.5. The monoisotopic (exact) mass is 381 g/mol. The first kappa shape index (κ1) is 19.4. The zero-order valence-corrected chi connectivity index (χ0v) is 16.4. The second kappa shape index (κ2) is 8.56. The Hall–Kier alpha value is -3.35. The van der Waals surface area contributed by atoms with E-state index in [1.54, 1.807) is 32.4 Å². The molecule has 0 aliphatic rings. The predicted molar refractivity (Wildman–Crippen MR) is 105 cm³/mol. The number of ether oxygens (including phenoxy) is 2. The lowest BCUT2D eigenvalue weighted by molar-refractivity contribution is -0.115. The van der Waals surface area contributed by atoms with E-state index in [-0.39, 0.29) is 18.3 Å². The molecular weight excluding hydrogens is 358 g/mol. The van der Waals surface area contributed by atoms with Gasteiger partial charge in [-0.05, 0) is 36.6 Å². The fourth-order valence-corrected chi connectivity index (χ4v) is 2.80. The van der Waals surface area contributed by atoms with Gasteiger partial charge in [-0.25, -0.2) is 0 Å². The quantitative estimate of drug-likeness (QED) is 0.674. The minimum atomic E-state index is -0.273. The van der Waals surface area contributed by atoms with Crippen LogP contribution in [-0.2, 0) is 17.6 Å². The van der Waals surface area contributed by atoms with Gasteiger partial charge in [0.15, 0.2) is 0 Å². The molecule has 0 unspecified atom stereocenters. The molecule has 0 radical (unpaired) electrons. The zero-order chi connectivity index (χ0) is 20.1. The number of nitrogens with zero attached hydrogens (tertiary/aromatic N) is 2. The van der Waals surface area contributed by atoms with Crippen LogP contribution in [0.1, 0.15) is 28.1 Å². The number of rotatable bonds is 7. The lowest BCUT2D eigenvalue weighted by Gasteiger charge is -2.09. The molecule has 1 heterocycles. The third-order valence-corrected chi connectivity index (χ3v) is 4.49. The van der Waals surface area contributed by atoms with Crippen molar-refractivity contribution in [2.45, 2.75) is 26.7 Å². The molecule has 1 aromatic heterocycles. The highest BCUT2D eigenvalue weighted by Crippen LogP contribution is 2.25. The van der Waals surface area contributed by atoms with Crippen LogP contribution in [0, 0.1) is 13.8 Å². The molecule has 0 bridgehead atoms. The fraction of sp³-hybridized carbons (Fsp3) is 0.286. The number of hydrogen-bond donors (Lipinski definition) is 1. The minimum Gasteiger partial charge on any atom is -0.497 e. The maximum absolute atomic E-state index is 12.3. The van der Waals surface area contributed by atoms with Gasteiger partial charge >= 0.3 is 6.01 Å². The van der Waals surface area contributed by atoms with E-state index in [0.717, 1.165) is 11.1 Å². The third-order valence-electron chi connectivity index (χ3n) is 4.49. The average molecular weight is 381 g/mol. The summed E-state index contributed by atoms with van der Waals surface area (Å²) in [5.41, 5.74) is 4.25. The molecule has 28 heavy (non-hydrogen) atoms. The summed E-state index contributed by atoms with van der Waals surface area (Å²) in [4.78, 5) is 12.3. The van der Waals surface area contributed by atoms with E-state index in [1.165, 1.54) is 11.1 Å². The molecule has 146 valence electrons. The van der Waals surface area contributed by atoms with E-state index in [9.17, 15) is 4.79 Å². The molecule has 1 amide bonds. The van der Waals surface area contributed by atoms with Crippen LogP contribution < -0.4 is 14.8 Å². The zero-order valence-electron chi connectivity index (χ0n) is 16.4. The Morgan fingerprint density at radius 3 is 2.57 bits per heavy atom. The molecule has 0 saturated carbocycles. The van der Waals surface area contributed by atoms with Crippen LogP contribution in [0.4, 0.5) is 6.01 Å². The SMILES string of the molecule is COc1ccc(CC(=O)Nc2nnc(Cc3ccc(C)c(C)c3)o2)c(OC)c1. The Balaban J connectivity index is 1.63. The van der Waals surface area contributed by atoms with Gasteiger partial charge in [0, 0.05) is 11.6 Å². The summed E-state index contributed by atoms with van der Waals surface area (Å²) in [5.74, 6) is 1.41. The van der Waals surface area contributed by atoms with Crippen LogP contribution in [-0.4, -0.2) is 30.3 Å². The molecule has 0 atom stereocenters. The van der Waals surface area contributed by atoms with E-state index < -0.39 is 0 Å². The van der Waals surface area contributed by atoms with Gasteiger partial charge in [-0.2, -0.15) is 0 Å². The molecule has 3 rings (SSSR count). The topological polar surface area (TPSA) is 86.5 Å². The Morgan fingerprint density at radius 2 is 1.86 bits per heavy atom. The molecule has 0 aliphatic carbocycles. The number of anilines is 1. The maximum atomic E-state index is 12.3. The van der Waals surface area contributed by atoms with Gasteiger partial charge < -0.3 is 13.9 Å². The van der Waals surface area contributed by atoms with Crippen LogP contribution in [0.15, 0.2) is 40.8 Å². The molecule has 7 heteroatoms. The molecular formula is C21H23N3O4. The van der Waals surface area contributed by atoms with E-state index in [0.29, 0.717) is 23.8 Å². The summed E-state index contributed by atoms with van der Waals surface area (Å²) in [7, 11) is 3.12. The molecule has 0 fully saturated rings. The van der Waals surface area contributed by atoms with Gasteiger partial charge in [0.25, 0.3) is 0 Å². The third kappa shape index (κ3) is 4.68. The lowest BCUT2D eigenvalue weighted by atomic mass is 10.0. The second-order valence-electron chi connectivity index (χ2n) is 6.50. The number of aryl methyl sites for hydroxylation is 2. The van der Waals surface area contributed by atoms with E-state index in [2.05, 4.69) is 41.5 Å². The molecule has 1 N–H and O–H groups in total. The summed E-state index contributed by atoms with van der Waals surface area (Å²) >= 11 is 0.